The highest BCUT2D eigenvalue weighted by molar-refractivity contribution is 4.74. The fourth-order valence-electron chi connectivity index (χ4n) is 0.645. The molecular weight excluding hydrogens is 168 g/mol. The lowest BCUT2D eigenvalue weighted by atomic mass is 9.93. The first-order valence-corrected chi connectivity index (χ1v) is 3.74. The lowest BCUT2D eigenvalue weighted by Crippen LogP contribution is -2.39. The first-order chi connectivity index (χ1) is 5.54. The van der Waals surface area contributed by atoms with Gasteiger partial charge in [-0.25, -0.2) is 8.78 Å². The van der Waals surface area contributed by atoms with Crippen molar-refractivity contribution < 1.29 is 19.0 Å². The van der Waals surface area contributed by atoms with Gasteiger partial charge in [0.2, 0.25) is 0 Å². The molecule has 0 aromatic rings. The summed E-state index contributed by atoms with van der Waals surface area (Å²) in [6, 6.07) is 0. The second kappa shape index (κ2) is 5.40. The Labute approximate surface area is 70.4 Å². The molecule has 0 aliphatic rings. The molecule has 0 saturated heterocycles. The molecule has 0 unspecified atom stereocenters. The SMILES string of the molecule is CC(CO)(CO)CNCC(F)F. The zero-order chi connectivity index (χ0) is 9.61. The summed E-state index contributed by atoms with van der Waals surface area (Å²) in [5.74, 6) is 0. The molecule has 0 saturated carbocycles. The summed E-state index contributed by atoms with van der Waals surface area (Å²) in [5.41, 5.74) is -0.713. The van der Waals surface area contributed by atoms with Gasteiger partial charge < -0.3 is 15.5 Å². The molecule has 0 aromatic heterocycles. The minimum atomic E-state index is -2.40. The molecule has 0 fully saturated rings. The number of aliphatic hydroxyl groups excluding tert-OH is 2. The Bertz CT molecular complexity index is 118. The summed E-state index contributed by atoms with van der Waals surface area (Å²) in [7, 11) is 0. The summed E-state index contributed by atoms with van der Waals surface area (Å²) >= 11 is 0. The van der Waals surface area contributed by atoms with Gasteiger partial charge in [0.05, 0.1) is 19.8 Å². The predicted octanol–water partition coefficient (Wildman–Crippen LogP) is -0.168. The van der Waals surface area contributed by atoms with Gasteiger partial charge in [0.1, 0.15) is 0 Å². The van der Waals surface area contributed by atoms with Gasteiger partial charge in [-0.2, -0.15) is 0 Å². The third-order valence-corrected chi connectivity index (χ3v) is 1.61. The van der Waals surface area contributed by atoms with E-state index < -0.39 is 18.4 Å². The Balaban J connectivity index is 3.58. The number of halogens is 2. The smallest absolute Gasteiger partial charge is 0.250 e. The Morgan fingerprint density at radius 2 is 1.83 bits per heavy atom. The fourth-order valence-corrected chi connectivity index (χ4v) is 0.645. The molecule has 0 rings (SSSR count). The van der Waals surface area contributed by atoms with Crippen molar-refractivity contribution in [2.24, 2.45) is 5.41 Å². The van der Waals surface area contributed by atoms with Crippen LogP contribution in [-0.2, 0) is 0 Å². The molecule has 0 aliphatic carbocycles. The number of hydrogen-bond acceptors (Lipinski definition) is 3. The van der Waals surface area contributed by atoms with Crippen LogP contribution in [0.3, 0.4) is 0 Å². The molecule has 3 N–H and O–H groups in total. The molecule has 0 amide bonds. The quantitative estimate of drug-likeness (QED) is 0.536. The maximum absolute atomic E-state index is 11.6. The van der Waals surface area contributed by atoms with Gasteiger partial charge in [-0.1, -0.05) is 6.92 Å². The molecule has 0 aliphatic heterocycles. The average molecular weight is 183 g/mol. The summed E-state index contributed by atoms with van der Waals surface area (Å²) in [6.45, 7) is 0.949. The van der Waals surface area contributed by atoms with E-state index in [1.165, 1.54) is 0 Å². The highest BCUT2D eigenvalue weighted by Gasteiger charge is 2.22. The van der Waals surface area contributed by atoms with Crippen LogP contribution in [0.5, 0.6) is 0 Å². The van der Waals surface area contributed by atoms with E-state index in [-0.39, 0.29) is 19.8 Å². The first kappa shape index (κ1) is 11.7. The van der Waals surface area contributed by atoms with Crippen molar-refractivity contribution in [2.45, 2.75) is 13.3 Å². The van der Waals surface area contributed by atoms with Crippen LogP contribution in [-0.4, -0.2) is 42.9 Å². The van der Waals surface area contributed by atoms with E-state index in [4.69, 9.17) is 10.2 Å². The summed E-state index contributed by atoms with van der Waals surface area (Å²) in [4.78, 5) is 0. The molecule has 0 spiro atoms. The lowest BCUT2D eigenvalue weighted by Gasteiger charge is -2.24. The molecule has 0 aromatic carbocycles. The Morgan fingerprint density at radius 3 is 2.17 bits per heavy atom. The van der Waals surface area contributed by atoms with Crippen LogP contribution in [0.1, 0.15) is 6.92 Å². The van der Waals surface area contributed by atoms with Crippen LogP contribution in [0.4, 0.5) is 8.78 Å². The van der Waals surface area contributed by atoms with Crippen molar-refractivity contribution >= 4 is 0 Å². The van der Waals surface area contributed by atoms with E-state index >= 15 is 0 Å². The van der Waals surface area contributed by atoms with Gasteiger partial charge in [-0.05, 0) is 0 Å². The van der Waals surface area contributed by atoms with Gasteiger partial charge >= 0.3 is 0 Å². The minimum Gasteiger partial charge on any atom is -0.396 e. The summed E-state index contributed by atoms with van der Waals surface area (Å²) < 4.78 is 23.3. The molecular formula is C7H15F2NO2. The Morgan fingerprint density at radius 1 is 1.33 bits per heavy atom. The molecule has 0 heterocycles. The number of alkyl halides is 2. The van der Waals surface area contributed by atoms with Gasteiger partial charge in [-0.15, -0.1) is 0 Å². The minimum absolute atomic E-state index is 0.185. The topological polar surface area (TPSA) is 52.5 Å². The van der Waals surface area contributed by atoms with Crippen LogP contribution >= 0.6 is 0 Å². The van der Waals surface area contributed by atoms with Crippen molar-refractivity contribution in [1.29, 1.82) is 0 Å². The highest BCUT2D eigenvalue weighted by Crippen LogP contribution is 2.11. The van der Waals surface area contributed by atoms with Crippen LogP contribution in [0, 0.1) is 5.41 Å². The van der Waals surface area contributed by atoms with Crippen LogP contribution < -0.4 is 5.32 Å². The van der Waals surface area contributed by atoms with Gasteiger partial charge in [0.25, 0.3) is 6.43 Å². The van der Waals surface area contributed by atoms with Crippen molar-refractivity contribution in [3.8, 4) is 0 Å². The van der Waals surface area contributed by atoms with E-state index in [0.717, 1.165) is 0 Å². The first-order valence-electron chi connectivity index (χ1n) is 3.74. The second-order valence-electron chi connectivity index (χ2n) is 3.15. The molecule has 0 atom stereocenters. The second-order valence-corrected chi connectivity index (χ2v) is 3.15. The molecule has 74 valence electrons. The van der Waals surface area contributed by atoms with E-state index in [1.807, 2.05) is 0 Å². The van der Waals surface area contributed by atoms with Crippen molar-refractivity contribution in [3.05, 3.63) is 0 Å². The normalized spacial score (nSPS) is 12.5. The van der Waals surface area contributed by atoms with E-state index in [1.54, 1.807) is 6.92 Å². The number of aliphatic hydroxyl groups is 2. The standard InChI is InChI=1S/C7H15F2NO2/c1-7(4-11,5-12)3-10-2-6(8)9/h6,10-12H,2-5H2,1H3. The third-order valence-electron chi connectivity index (χ3n) is 1.61. The van der Waals surface area contributed by atoms with E-state index in [0.29, 0.717) is 0 Å². The average Bonchev–Trinajstić information content (AvgIpc) is 2.03. The molecule has 12 heavy (non-hydrogen) atoms. The summed E-state index contributed by atoms with van der Waals surface area (Å²) in [5, 5.41) is 20.0. The maximum atomic E-state index is 11.6. The number of hydrogen-bond donors (Lipinski definition) is 3. The molecule has 0 radical (unpaired) electrons. The van der Waals surface area contributed by atoms with Crippen molar-refractivity contribution in [1.82, 2.24) is 5.32 Å². The molecule has 3 nitrogen and oxygen atoms in total. The fraction of sp³-hybridized carbons (Fsp3) is 1.00. The predicted molar refractivity (Wildman–Crippen MR) is 41.2 cm³/mol. The zero-order valence-corrected chi connectivity index (χ0v) is 7.06. The van der Waals surface area contributed by atoms with Crippen molar-refractivity contribution in [2.75, 3.05) is 26.3 Å². The van der Waals surface area contributed by atoms with Gasteiger partial charge in [0.15, 0.2) is 0 Å². The molecule has 0 bridgehead atoms. The Hall–Kier alpha value is -0.260. The van der Waals surface area contributed by atoms with Crippen LogP contribution in [0.2, 0.25) is 0 Å². The monoisotopic (exact) mass is 183 g/mol. The maximum Gasteiger partial charge on any atom is 0.250 e. The van der Waals surface area contributed by atoms with Gasteiger partial charge in [0, 0.05) is 12.0 Å². The highest BCUT2D eigenvalue weighted by atomic mass is 19.3. The van der Waals surface area contributed by atoms with Crippen LogP contribution in [0.25, 0.3) is 0 Å². The largest absolute Gasteiger partial charge is 0.396 e. The van der Waals surface area contributed by atoms with E-state index in [2.05, 4.69) is 5.32 Å². The van der Waals surface area contributed by atoms with Crippen LogP contribution in [0.15, 0.2) is 0 Å². The van der Waals surface area contributed by atoms with Gasteiger partial charge in [-0.3, -0.25) is 0 Å². The number of nitrogens with one attached hydrogen (secondary N) is 1. The third kappa shape index (κ3) is 4.58. The Kier molecular flexibility index (Phi) is 5.28. The van der Waals surface area contributed by atoms with E-state index in [9.17, 15) is 8.78 Å². The molecule has 5 heteroatoms. The lowest BCUT2D eigenvalue weighted by molar-refractivity contribution is 0.0632. The zero-order valence-electron chi connectivity index (χ0n) is 7.06. The summed E-state index contributed by atoms with van der Waals surface area (Å²) in [6.07, 6.45) is -2.40. The number of rotatable bonds is 6. The van der Waals surface area contributed by atoms with Crippen molar-refractivity contribution in [3.63, 3.8) is 0 Å².